The maximum atomic E-state index is 13.1. The number of carbonyl (C=O) groups excluding carboxylic acids is 2. The maximum absolute atomic E-state index is 13.1. The Kier molecular flexibility index (Phi) is 7.41. The van der Waals surface area contributed by atoms with Gasteiger partial charge in [0.1, 0.15) is 12.4 Å². The van der Waals surface area contributed by atoms with E-state index in [-0.39, 0.29) is 29.5 Å². The molecule has 7 nitrogen and oxygen atoms in total. The number of furan rings is 1. The van der Waals surface area contributed by atoms with E-state index >= 15 is 0 Å². The molecule has 7 heteroatoms. The van der Waals surface area contributed by atoms with Gasteiger partial charge in [-0.1, -0.05) is 51.8 Å². The van der Waals surface area contributed by atoms with Gasteiger partial charge in [-0.3, -0.25) is 9.59 Å². The van der Waals surface area contributed by atoms with Crippen molar-refractivity contribution in [3.05, 3.63) is 65.2 Å². The zero-order chi connectivity index (χ0) is 24.2. The lowest BCUT2D eigenvalue weighted by Gasteiger charge is -2.21. The Morgan fingerprint density at radius 1 is 1.15 bits per heavy atom. The molecule has 1 aromatic carbocycles. The van der Waals surface area contributed by atoms with E-state index in [2.05, 4.69) is 32.2 Å². The molecule has 0 aliphatic rings. The largest absolute Gasteiger partial charge is 0.459 e. The number of benzene rings is 1. The second-order valence-corrected chi connectivity index (χ2v) is 9.47. The smallest absolute Gasteiger partial charge is 0.290 e. The molecule has 0 atom stereocenters. The highest BCUT2D eigenvalue weighted by Gasteiger charge is 2.24. The van der Waals surface area contributed by atoms with Crippen LogP contribution in [-0.4, -0.2) is 39.6 Å². The van der Waals surface area contributed by atoms with Crippen LogP contribution in [0.25, 0.3) is 5.69 Å². The second-order valence-electron chi connectivity index (χ2n) is 9.47. The van der Waals surface area contributed by atoms with Gasteiger partial charge >= 0.3 is 0 Å². The minimum Gasteiger partial charge on any atom is -0.459 e. The van der Waals surface area contributed by atoms with Crippen molar-refractivity contribution < 1.29 is 14.0 Å². The third kappa shape index (κ3) is 5.92. The first-order chi connectivity index (χ1) is 15.6. The molecule has 0 aliphatic heterocycles. The summed E-state index contributed by atoms with van der Waals surface area (Å²) in [6.45, 7) is 12.8. The van der Waals surface area contributed by atoms with Crippen LogP contribution in [-0.2, 0) is 10.2 Å². The highest BCUT2D eigenvalue weighted by Crippen LogP contribution is 2.27. The van der Waals surface area contributed by atoms with Crippen LogP contribution >= 0.6 is 0 Å². The van der Waals surface area contributed by atoms with E-state index in [1.807, 2.05) is 39.0 Å². The summed E-state index contributed by atoms with van der Waals surface area (Å²) in [6, 6.07) is 11.3. The van der Waals surface area contributed by atoms with Gasteiger partial charge in [-0.05, 0) is 44.0 Å². The molecule has 3 rings (SSSR count). The number of hydrogen-bond acceptors (Lipinski definition) is 4. The van der Waals surface area contributed by atoms with Crippen LogP contribution in [0.15, 0.2) is 47.1 Å². The average Bonchev–Trinajstić information content (AvgIpc) is 3.41. The van der Waals surface area contributed by atoms with Gasteiger partial charge in [0.15, 0.2) is 5.76 Å². The second kappa shape index (κ2) is 10.1. The summed E-state index contributed by atoms with van der Waals surface area (Å²) in [7, 11) is 0. The fourth-order valence-electron chi connectivity index (χ4n) is 3.58. The summed E-state index contributed by atoms with van der Waals surface area (Å²) in [6.07, 6.45) is 3.17. The number of aryl methyl sites for hydroxylation is 2. The summed E-state index contributed by atoms with van der Waals surface area (Å²) in [5.41, 5.74) is 3.80. The van der Waals surface area contributed by atoms with Crippen molar-refractivity contribution in [2.75, 3.05) is 18.4 Å². The van der Waals surface area contributed by atoms with Crippen molar-refractivity contribution in [3.63, 3.8) is 0 Å². The van der Waals surface area contributed by atoms with Crippen molar-refractivity contribution >= 4 is 17.6 Å². The molecule has 2 heterocycles. The fourth-order valence-corrected chi connectivity index (χ4v) is 3.58. The molecule has 0 unspecified atom stereocenters. The number of amides is 2. The van der Waals surface area contributed by atoms with E-state index in [9.17, 15) is 9.59 Å². The Balaban J connectivity index is 1.88. The quantitative estimate of drug-likeness (QED) is 0.508. The molecule has 0 spiro atoms. The van der Waals surface area contributed by atoms with Gasteiger partial charge in [-0.2, -0.15) is 5.10 Å². The van der Waals surface area contributed by atoms with Crippen LogP contribution in [0.4, 0.5) is 5.82 Å². The molecule has 176 valence electrons. The Morgan fingerprint density at radius 3 is 2.52 bits per heavy atom. The van der Waals surface area contributed by atoms with Gasteiger partial charge in [-0.15, -0.1) is 0 Å². The predicted molar refractivity (Wildman–Crippen MR) is 130 cm³/mol. The van der Waals surface area contributed by atoms with Crippen LogP contribution in [0.2, 0.25) is 0 Å². The molecule has 0 radical (unpaired) electrons. The summed E-state index contributed by atoms with van der Waals surface area (Å²) >= 11 is 0. The topological polar surface area (TPSA) is 80.4 Å². The van der Waals surface area contributed by atoms with Gasteiger partial charge in [0.25, 0.3) is 5.91 Å². The van der Waals surface area contributed by atoms with E-state index in [4.69, 9.17) is 9.52 Å². The van der Waals surface area contributed by atoms with Crippen molar-refractivity contribution in [1.29, 1.82) is 0 Å². The molecule has 0 saturated heterocycles. The number of anilines is 1. The molecule has 3 aromatic rings. The van der Waals surface area contributed by atoms with Gasteiger partial charge in [-0.25, -0.2) is 4.68 Å². The zero-order valence-electron chi connectivity index (χ0n) is 20.4. The van der Waals surface area contributed by atoms with Gasteiger partial charge in [0, 0.05) is 18.0 Å². The lowest BCUT2D eigenvalue weighted by Crippen LogP contribution is -2.38. The number of unbranched alkanes of at least 4 members (excludes halogenated alkanes) is 1. The normalized spacial score (nSPS) is 11.5. The third-order valence-electron chi connectivity index (χ3n) is 5.46. The van der Waals surface area contributed by atoms with Crippen LogP contribution in [0.1, 0.15) is 67.9 Å². The molecule has 33 heavy (non-hydrogen) atoms. The highest BCUT2D eigenvalue weighted by molar-refractivity contribution is 5.97. The Morgan fingerprint density at radius 2 is 1.91 bits per heavy atom. The highest BCUT2D eigenvalue weighted by atomic mass is 16.3. The van der Waals surface area contributed by atoms with Crippen molar-refractivity contribution in [1.82, 2.24) is 14.7 Å². The first-order valence-corrected chi connectivity index (χ1v) is 11.4. The van der Waals surface area contributed by atoms with Crippen molar-refractivity contribution in [2.45, 2.75) is 59.8 Å². The minimum absolute atomic E-state index is 0.0670. The standard InChI is InChI=1S/C26H34N4O3/c1-7-8-13-29(25(32)21-10-9-14-33-21)17-24(31)27-23-16-22(26(4,5)6)28-30(23)20-12-11-18(2)15-19(20)3/h9-12,14-16H,7-8,13,17H2,1-6H3,(H,27,31). The summed E-state index contributed by atoms with van der Waals surface area (Å²) in [4.78, 5) is 27.4. The van der Waals surface area contributed by atoms with E-state index in [1.165, 1.54) is 11.2 Å². The van der Waals surface area contributed by atoms with Crippen LogP contribution in [0.3, 0.4) is 0 Å². The molecule has 0 fully saturated rings. The van der Waals surface area contributed by atoms with Crippen molar-refractivity contribution in [2.24, 2.45) is 0 Å². The van der Waals surface area contributed by atoms with Gasteiger partial charge in [0.2, 0.25) is 5.91 Å². The zero-order valence-corrected chi connectivity index (χ0v) is 20.4. The lowest BCUT2D eigenvalue weighted by atomic mass is 9.92. The number of carbonyl (C=O) groups is 2. The van der Waals surface area contributed by atoms with E-state index in [1.54, 1.807) is 16.8 Å². The Bertz CT molecular complexity index is 1110. The monoisotopic (exact) mass is 450 g/mol. The van der Waals surface area contributed by atoms with Crippen LogP contribution in [0.5, 0.6) is 0 Å². The summed E-state index contributed by atoms with van der Waals surface area (Å²) in [5.74, 6) is 0.242. The summed E-state index contributed by atoms with van der Waals surface area (Å²) < 4.78 is 7.04. The number of rotatable bonds is 8. The third-order valence-corrected chi connectivity index (χ3v) is 5.46. The number of hydrogen-bond donors (Lipinski definition) is 1. The van der Waals surface area contributed by atoms with Crippen LogP contribution < -0.4 is 5.32 Å². The fraction of sp³-hybridized carbons (Fsp3) is 0.423. The predicted octanol–water partition coefficient (Wildman–Crippen LogP) is 5.26. The molecule has 2 aromatic heterocycles. The Hall–Kier alpha value is -3.35. The van der Waals surface area contributed by atoms with Crippen molar-refractivity contribution in [3.8, 4) is 5.69 Å². The lowest BCUT2D eigenvalue weighted by molar-refractivity contribution is -0.117. The number of aromatic nitrogens is 2. The first-order valence-electron chi connectivity index (χ1n) is 11.4. The molecule has 0 saturated carbocycles. The van der Waals surface area contributed by atoms with E-state index < -0.39 is 0 Å². The number of nitrogens with zero attached hydrogens (tertiary/aromatic N) is 3. The van der Waals surface area contributed by atoms with E-state index in [0.717, 1.165) is 35.3 Å². The minimum atomic E-state index is -0.290. The SMILES string of the molecule is CCCCN(CC(=O)Nc1cc(C(C)(C)C)nn1-c1ccc(C)cc1C)C(=O)c1ccco1. The molecule has 1 N–H and O–H groups in total. The van der Waals surface area contributed by atoms with Gasteiger partial charge in [0.05, 0.1) is 17.6 Å². The summed E-state index contributed by atoms with van der Waals surface area (Å²) in [5, 5.41) is 7.79. The van der Waals surface area contributed by atoms with E-state index in [0.29, 0.717) is 12.4 Å². The first kappa shape index (κ1) is 24.3. The molecular weight excluding hydrogens is 416 g/mol. The Labute approximate surface area is 195 Å². The maximum Gasteiger partial charge on any atom is 0.290 e. The molecule has 0 aliphatic carbocycles. The van der Waals surface area contributed by atoms with Gasteiger partial charge < -0.3 is 14.6 Å². The number of nitrogens with one attached hydrogen (secondary N) is 1. The van der Waals surface area contributed by atoms with Crippen LogP contribution in [0, 0.1) is 13.8 Å². The molecule has 2 amide bonds. The average molecular weight is 451 g/mol. The molecule has 0 bridgehead atoms. The molecular formula is C26H34N4O3.